The summed E-state index contributed by atoms with van der Waals surface area (Å²) in [5.74, 6) is 0.890. The molecule has 1 amide bonds. The average molecular weight is 432 g/mol. The molecule has 0 radical (unpaired) electrons. The highest BCUT2D eigenvalue weighted by atomic mass is 16.5. The molecule has 1 aliphatic rings. The monoisotopic (exact) mass is 431 g/mol. The molecule has 1 aliphatic heterocycles. The first kappa shape index (κ1) is 20.8. The van der Waals surface area contributed by atoms with Gasteiger partial charge in [-0.2, -0.15) is 0 Å². The normalized spacial score (nSPS) is 19.2. The maximum absolute atomic E-state index is 13.3. The molecule has 2 atom stereocenters. The molecular formula is C26H29N3O3. The molecule has 32 heavy (non-hydrogen) atoms. The van der Waals surface area contributed by atoms with E-state index in [2.05, 4.69) is 40.9 Å². The van der Waals surface area contributed by atoms with Crippen LogP contribution in [0.3, 0.4) is 0 Å². The fourth-order valence-electron chi connectivity index (χ4n) is 5.15. The van der Waals surface area contributed by atoms with E-state index in [-0.39, 0.29) is 18.1 Å². The Hall–Kier alpha value is -3.12. The van der Waals surface area contributed by atoms with Crippen LogP contribution in [0.4, 0.5) is 0 Å². The van der Waals surface area contributed by atoms with Crippen molar-refractivity contribution in [2.45, 2.75) is 53.4 Å². The summed E-state index contributed by atoms with van der Waals surface area (Å²) in [4.78, 5) is 15.2. The first-order chi connectivity index (χ1) is 15.4. The predicted octanol–water partition coefficient (Wildman–Crippen LogP) is 5.34. The van der Waals surface area contributed by atoms with Gasteiger partial charge in [-0.15, -0.1) is 0 Å². The Balaban J connectivity index is 1.62. The topological polar surface area (TPSA) is 60.5 Å². The molecule has 0 bridgehead atoms. The number of rotatable bonds is 3. The van der Waals surface area contributed by atoms with E-state index in [1.54, 1.807) is 0 Å². The van der Waals surface area contributed by atoms with Crippen LogP contribution in [-0.2, 0) is 11.3 Å². The Morgan fingerprint density at radius 3 is 2.44 bits per heavy atom. The number of hydrogen-bond acceptors (Lipinski definition) is 4. The van der Waals surface area contributed by atoms with Crippen molar-refractivity contribution < 1.29 is 14.1 Å². The Kier molecular flexibility index (Phi) is 5.05. The Morgan fingerprint density at radius 1 is 1.03 bits per heavy atom. The number of nitrogens with zero attached hydrogens (tertiary/aromatic N) is 3. The Morgan fingerprint density at radius 2 is 1.78 bits per heavy atom. The van der Waals surface area contributed by atoms with Crippen LogP contribution >= 0.6 is 0 Å². The van der Waals surface area contributed by atoms with E-state index in [9.17, 15) is 4.79 Å². The molecule has 0 aliphatic carbocycles. The maximum atomic E-state index is 13.3. The van der Waals surface area contributed by atoms with E-state index in [0.717, 1.165) is 56.5 Å². The number of aromatic nitrogens is 2. The number of carbonyl (C=O) groups excluding carboxylic acids is 1. The van der Waals surface area contributed by atoms with Crippen molar-refractivity contribution in [2.75, 3.05) is 13.1 Å². The number of amides is 1. The van der Waals surface area contributed by atoms with Crippen LogP contribution < -0.4 is 0 Å². The summed E-state index contributed by atoms with van der Waals surface area (Å²) in [6.45, 7) is 12.2. The fraction of sp³-hybridized carbons (Fsp3) is 0.385. The highest BCUT2D eigenvalue weighted by Crippen LogP contribution is 2.35. The van der Waals surface area contributed by atoms with Crippen molar-refractivity contribution in [1.29, 1.82) is 0 Å². The lowest BCUT2D eigenvalue weighted by atomic mass is 10.0. The Labute approximate surface area is 187 Å². The molecule has 0 N–H and O–H groups in total. The number of aryl methyl sites for hydroxylation is 3. The zero-order chi connectivity index (χ0) is 22.6. The van der Waals surface area contributed by atoms with Crippen molar-refractivity contribution in [2.24, 2.45) is 0 Å². The maximum Gasteiger partial charge on any atom is 0.254 e. The molecule has 2 aromatic carbocycles. The summed E-state index contributed by atoms with van der Waals surface area (Å²) in [5.41, 5.74) is 6.05. The van der Waals surface area contributed by atoms with Gasteiger partial charge in [0.2, 0.25) is 0 Å². The van der Waals surface area contributed by atoms with E-state index in [1.807, 2.05) is 44.7 Å². The minimum atomic E-state index is 0.0520. The minimum absolute atomic E-state index is 0.0520. The van der Waals surface area contributed by atoms with Crippen LogP contribution in [0.2, 0.25) is 0 Å². The lowest BCUT2D eigenvalue weighted by Gasteiger charge is -2.35. The van der Waals surface area contributed by atoms with Gasteiger partial charge in [0.25, 0.3) is 5.91 Å². The van der Waals surface area contributed by atoms with Gasteiger partial charge in [0.05, 0.1) is 17.9 Å². The molecule has 166 valence electrons. The number of morpholine rings is 1. The van der Waals surface area contributed by atoms with E-state index >= 15 is 0 Å². The van der Waals surface area contributed by atoms with Crippen LogP contribution in [0, 0.1) is 13.8 Å². The van der Waals surface area contributed by atoms with Gasteiger partial charge in [-0.1, -0.05) is 17.3 Å². The van der Waals surface area contributed by atoms with Crippen LogP contribution in [0.1, 0.15) is 42.6 Å². The summed E-state index contributed by atoms with van der Waals surface area (Å²) >= 11 is 0. The molecule has 1 saturated heterocycles. The van der Waals surface area contributed by atoms with Gasteiger partial charge in [-0.25, -0.2) is 0 Å². The van der Waals surface area contributed by atoms with Crippen molar-refractivity contribution in [3.8, 4) is 11.1 Å². The average Bonchev–Trinajstić information content (AvgIpc) is 3.27. The molecule has 1 fully saturated rings. The number of benzene rings is 2. The third-order valence-electron chi connectivity index (χ3n) is 6.46. The molecule has 5 rings (SSSR count). The van der Waals surface area contributed by atoms with Crippen molar-refractivity contribution >= 4 is 27.7 Å². The second-order valence-corrected chi connectivity index (χ2v) is 8.87. The number of fused-ring (bicyclic) bond motifs is 3. The Bertz CT molecular complexity index is 1300. The second kappa shape index (κ2) is 7.78. The number of carbonyl (C=O) groups is 1. The van der Waals surface area contributed by atoms with E-state index in [4.69, 9.17) is 9.26 Å². The first-order valence-electron chi connectivity index (χ1n) is 11.3. The quantitative estimate of drug-likeness (QED) is 0.440. The van der Waals surface area contributed by atoms with Gasteiger partial charge in [-0.3, -0.25) is 4.79 Å². The van der Waals surface area contributed by atoms with Crippen LogP contribution in [0.5, 0.6) is 0 Å². The zero-order valence-electron chi connectivity index (χ0n) is 19.3. The molecular weight excluding hydrogens is 402 g/mol. The SMILES string of the molecule is CCn1c2ccc(C(=O)N3CC(C)O[C@H](C)C3)cc2c2ccc(-c3c(C)noc3C)cc21. The molecule has 0 saturated carbocycles. The van der Waals surface area contributed by atoms with Crippen LogP contribution in [0.15, 0.2) is 40.9 Å². The molecule has 6 nitrogen and oxygen atoms in total. The van der Waals surface area contributed by atoms with Gasteiger partial charge >= 0.3 is 0 Å². The molecule has 1 unspecified atom stereocenters. The largest absolute Gasteiger partial charge is 0.372 e. The highest BCUT2D eigenvalue weighted by Gasteiger charge is 2.27. The second-order valence-electron chi connectivity index (χ2n) is 8.87. The van der Waals surface area contributed by atoms with E-state index in [0.29, 0.717) is 13.1 Å². The van der Waals surface area contributed by atoms with Gasteiger partial charge in [-0.05, 0) is 64.4 Å². The molecule has 3 heterocycles. The van der Waals surface area contributed by atoms with Crippen LogP contribution in [-0.4, -0.2) is 45.8 Å². The zero-order valence-corrected chi connectivity index (χ0v) is 19.3. The van der Waals surface area contributed by atoms with Crippen LogP contribution in [0.25, 0.3) is 32.9 Å². The smallest absolute Gasteiger partial charge is 0.254 e. The summed E-state index contributed by atoms with van der Waals surface area (Å²) < 4.78 is 13.5. The van der Waals surface area contributed by atoms with Crippen molar-refractivity contribution in [1.82, 2.24) is 14.6 Å². The third kappa shape index (κ3) is 3.30. The summed E-state index contributed by atoms with van der Waals surface area (Å²) in [7, 11) is 0. The van der Waals surface area contributed by atoms with Gasteiger partial charge in [0.1, 0.15) is 5.76 Å². The van der Waals surface area contributed by atoms with Gasteiger partial charge in [0.15, 0.2) is 0 Å². The number of hydrogen-bond donors (Lipinski definition) is 0. The summed E-state index contributed by atoms with van der Waals surface area (Å²) in [6, 6.07) is 12.6. The highest BCUT2D eigenvalue weighted by molar-refractivity contribution is 6.11. The van der Waals surface area contributed by atoms with Crippen molar-refractivity contribution in [3.63, 3.8) is 0 Å². The molecule has 6 heteroatoms. The molecule has 0 spiro atoms. The number of ether oxygens (including phenoxy) is 1. The van der Waals surface area contributed by atoms with Crippen molar-refractivity contribution in [3.05, 3.63) is 53.4 Å². The summed E-state index contributed by atoms with van der Waals surface area (Å²) in [5, 5.41) is 6.36. The first-order valence-corrected chi connectivity index (χ1v) is 11.3. The third-order valence-corrected chi connectivity index (χ3v) is 6.46. The van der Waals surface area contributed by atoms with E-state index < -0.39 is 0 Å². The van der Waals surface area contributed by atoms with Gasteiger partial charge in [0, 0.05) is 52.6 Å². The lowest BCUT2D eigenvalue weighted by Crippen LogP contribution is -2.48. The minimum Gasteiger partial charge on any atom is -0.372 e. The predicted molar refractivity (Wildman–Crippen MR) is 126 cm³/mol. The van der Waals surface area contributed by atoms with Gasteiger partial charge < -0.3 is 18.7 Å². The molecule has 2 aromatic heterocycles. The van der Waals surface area contributed by atoms with E-state index in [1.165, 1.54) is 0 Å². The fourth-order valence-corrected chi connectivity index (χ4v) is 5.15. The summed E-state index contributed by atoms with van der Waals surface area (Å²) in [6.07, 6.45) is 0.104. The standard InChI is InChI=1S/C26H29N3O3/c1-6-29-23-10-8-20(26(30)28-13-15(2)31-16(3)14-28)11-22(23)21-9-7-19(12-24(21)29)25-17(4)27-32-18(25)5/h7-12,15-16H,6,13-14H2,1-5H3/t15-,16?/m1/s1. The lowest BCUT2D eigenvalue weighted by molar-refractivity contribution is -0.0586. The molecule has 4 aromatic rings.